The van der Waals surface area contributed by atoms with Crippen LogP contribution in [0.4, 0.5) is 4.39 Å². The van der Waals surface area contributed by atoms with Gasteiger partial charge in [-0.05, 0) is 43.5 Å². The Balaban J connectivity index is 2.87. The molecule has 1 rings (SSSR count). The minimum absolute atomic E-state index is 0.192. The molecule has 0 amide bonds. The van der Waals surface area contributed by atoms with Gasteiger partial charge in [0.1, 0.15) is 5.75 Å². The third-order valence-corrected chi connectivity index (χ3v) is 4.15. The van der Waals surface area contributed by atoms with Gasteiger partial charge in [0.25, 0.3) is 0 Å². The average Bonchev–Trinajstić information content (AvgIpc) is 2.52. The van der Waals surface area contributed by atoms with Crippen molar-refractivity contribution in [2.75, 3.05) is 6.54 Å². The summed E-state index contributed by atoms with van der Waals surface area (Å²) in [7, 11) is 0. The first kappa shape index (κ1) is 19.2. The Labute approximate surface area is 138 Å². The van der Waals surface area contributed by atoms with Gasteiger partial charge in [0.05, 0.1) is 5.56 Å². The van der Waals surface area contributed by atoms with Crippen LogP contribution in [-0.4, -0.2) is 28.6 Å². The zero-order valence-corrected chi connectivity index (χ0v) is 14.2. The van der Waals surface area contributed by atoms with Crippen LogP contribution in [0.5, 0.6) is 5.75 Å². The van der Waals surface area contributed by atoms with Crippen molar-refractivity contribution in [2.24, 2.45) is 0 Å². The third-order valence-electron chi connectivity index (χ3n) is 4.15. The molecule has 0 aromatic heterocycles. The largest absolute Gasteiger partial charge is 0.507 e. The fourth-order valence-corrected chi connectivity index (χ4v) is 2.94. The number of hydrogen-bond donors (Lipinski definition) is 1. The highest BCUT2D eigenvalue weighted by Gasteiger charge is 2.19. The fourth-order valence-electron chi connectivity index (χ4n) is 2.94. The molecule has 4 heteroatoms. The van der Waals surface area contributed by atoms with E-state index in [2.05, 4.69) is 25.3 Å². The molecule has 1 N–H and O–H groups in total. The van der Waals surface area contributed by atoms with E-state index in [1.54, 1.807) is 12.1 Å². The van der Waals surface area contributed by atoms with Crippen molar-refractivity contribution in [3.63, 3.8) is 0 Å². The summed E-state index contributed by atoms with van der Waals surface area (Å²) in [6, 6.07) is 3.45. The molecular formula is C19H28FNO2. The van der Waals surface area contributed by atoms with Crippen molar-refractivity contribution >= 4 is 6.04 Å². The van der Waals surface area contributed by atoms with Crippen LogP contribution in [0.15, 0.2) is 31.0 Å². The number of halogens is 1. The Morgan fingerprint density at radius 1 is 1.35 bits per heavy atom. The zero-order chi connectivity index (χ0) is 17.2. The number of aromatic hydroxyl groups is 1. The first-order chi connectivity index (χ1) is 11.0. The number of nitrogens with zero attached hydrogens (tertiary/aromatic N) is 1. The van der Waals surface area contributed by atoms with Crippen LogP contribution >= 0.6 is 0 Å². The molecule has 0 bridgehead atoms. The summed E-state index contributed by atoms with van der Waals surface area (Å²) in [5.41, 5.74) is 0.377. The quantitative estimate of drug-likeness (QED) is 0.592. The molecule has 0 saturated heterocycles. The summed E-state index contributed by atoms with van der Waals surface area (Å²) in [6.45, 7) is 9.12. The lowest BCUT2D eigenvalue weighted by Gasteiger charge is -2.30. The van der Waals surface area contributed by atoms with E-state index in [9.17, 15) is 14.3 Å². The molecule has 0 saturated carbocycles. The normalized spacial score (nSPS) is 12.0. The van der Waals surface area contributed by atoms with Crippen molar-refractivity contribution in [3.05, 3.63) is 42.1 Å². The summed E-state index contributed by atoms with van der Waals surface area (Å²) in [5.74, 6) is -0.283. The molecule has 1 aromatic carbocycles. The summed E-state index contributed by atoms with van der Waals surface area (Å²) < 4.78 is 13.2. The van der Waals surface area contributed by atoms with Gasteiger partial charge in [-0.2, -0.15) is 4.39 Å². The van der Waals surface area contributed by atoms with Gasteiger partial charge >= 0.3 is 6.04 Å². The number of carbonyl (C=O) groups is 1. The second-order valence-corrected chi connectivity index (χ2v) is 5.84. The van der Waals surface area contributed by atoms with Gasteiger partial charge in [0, 0.05) is 12.6 Å². The van der Waals surface area contributed by atoms with E-state index in [0.29, 0.717) is 18.0 Å². The summed E-state index contributed by atoms with van der Waals surface area (Å²) >= 11 is 0. The SMILES string of the molecule is C=CN(CCC)C(CCCC)CCc1cccc(O)c1C(=O)F. The van der Waals surface area contributed by atoms with Crippen molar-refractivity contribution in [3.8, 4) is 5.75 Å². The van der Waals surface area contributed by atoms with Crippen molar-refractivity contribution in [1.29, 1.82) is 0 Å². The van der Waals surface area contributed by atoms with E-state index < -0.39 is 6.04 Å². The summed E-state index contributed by atoms with van der Waals surface area (Å²) in [6.07, 6.45) is 7.54. The maximum atomic E-state index is 13.2. The van der Waals surface area contributed by atoms with E-state index in [1.807, 2.05) is 6.20 Å². The monoisotopic (exact) mass is 321 g/mol. The van der Waals surface area contributed by atoms with Crippen LogP contribution in [0.2, 0.25) is 0 Å². The smallest absolute Gasteiger partial charge is 0.336 e. The Kier molecular flexibility index (Phi) is 8.38. The van der Waals surface area contributed by atoms with Gasteiger partial charge in [0.2, 0.25) is 0 Å². The van der Waals surface area contributed by atoms with Crippen LogP contribution in [0.1, 0.15) is 61.9 Å². The first-order valence-electron chi connectivity index (χ1n) is 8.44. The molecule has 0 aliphatic rings. The third kappa shape index (κ3) is 5.70. The lowest BCUT2D eigenvalue weighted by atomic mass is 9.96. The first-order valence-corrected chi connectivity index (χ1v) is 8.44. The summed E-state index contributed by atoms with van der Waals surface area (Å²) in [5, 5.41) is 9.72. The number of hydrogen-bond acceptors (Lipinski definition) is 3. The molecule has 0 aliphatic heterocycles. The molecule has 0 spiro atoms. The number of aryl methyl sites for hydroxylation is 1. The van der Waals surface area contributed by atoms with Crippen molar-refractivity contribution in [1.82, 2.24) is 4.90 Å². The number of phenolic OH excluding ortho intramolecular Hbond substituents is 1. The summed E-state index contributed by atoms with van der Waals surface area (Å²) in [4.78, 5) is 13.4. The number of carbonyl (C=O) groups excluding carboxylic acids is 1. The Morgan fingerprint density at radius 2 is 2.09 bits per heavy atom. The van der Waals surface area contributed by atoms with Gasteiger partial charge < -0.3 is 10.0 Å². The van der Waals surface area contributed by atoms with Crippen LogP contribution in [-0.2, 0) is 6.42 Å². The molecular weight excluding hydrogens is 293 g/mol. The maximum absolute atomic E-state index is 13.2. The molecule has 23 heavy (non-hydrogen) atoms. The van der Waals surface area contributed by atoms with Gasteiger partial charge in [0.15, 0.2) is 0 Å². The average molecular weight is 321 g/mol. The lowest BCUT2D eigenvalue weighted by Crippen LogP contribution is -2.32. The second-order valence-electron chi connectivity index (χ2n) is 5.84. The highest BCUT2D eigenvalue weighted by molar-refractivity contribution is 5.93. The number of phenols is 1. The maximum Gasteiger partial charge on any atom is 0.336 e. The van der Waals surface area contributed by atoms with E-state index in [0.717, 1.165) is 38.6 Å². The van der Waals surface area contributed by atoms with Gasteiger partial charge in [-0.25, -0.2) is 0 Å². The molecule has 1 unspecified atom stereocenters. The van der Waals surface area contributed by atoms with Crippen LogP contribution in [0.3, 0.4) is 0 Å². The van der Waals surface area contributed by atoms with E-state index in [-0.39, 0.29) is 11.3 Å². The van der Waals surface area contributed by atoms with Crippen LogP contribution in [0.25, 0.3) is 0 Å². The number of benzene rings is 1. The van der Waals surface area contributed by atoms with Crippen LogP contribution < -0.4 is 0 Å². The Hall–Kier alpha value is -1.84. The second kappa shape index (κ2) is 10.0. The van der Waals surface area contributed by atoms with Crippen molar-refractivity contribution in [2.45, 2.75) is 58.4 Å². The molecule has 3 nitrogen and oxygen atoms in total. The van der Waals surface area contributed by atoms with E-state index in [1.165, 1.54) is 6.07 Å². The minimum Gasteiger partial charge on any atom is -0.507 e. The molecule has 1 aromatic rings. The van der Waals surface area contributed by atoms with E-state index >= 15 is 0 Å². The molecule has 0 fully saturated rings. The van der Waals surface area contributed by atoms with Crippen LogP contribution in [0, 0.1) is 0 Å². The molecule has 128 valence electrons. The molecule has 0 heterocycles. The van der Waals surface area contributed by atoms with Gasteiger partial charge in [-0.3, -0.25) is 4.79 Å². The van der Waals surface area contributed by atoms with Gasteiger partial charge in [-0.1, -0.05) is 45.4 Å². The van der Waals surface area contributed by atoms with E-state index in [4.69, 9.17) is 0 Å². The Morgan fingerprint density at radius 3 is 2.65 bits per heavy atom. The molecule has 0 radical (unpaired) electrons. The highest BCUT2D eigenvalue weighted by atomic mass is 19.1. The van der Waals surface area contributed by atoms with Crippen molar-refractivity contribution < 1.29 is 14.3 Å². The zero-order valence-electron chi connectivity index (χ0n) is 14.2. The molecule has 1 atom stereocenters. The number of rotatable bonds is 11. The number of unbranched alkanes of at least 4 members (excludes halogenated alkanes) is 1. The fraction of sp³-hybridized carbons (Fsp3) is 0.526. The Bertz CT molecular complexity index is 516. The predicted molar refractivity (Wildman–Crippen MR) is 92.4 cm³/mol. The standard InChI is InChI=1S/C19H28FNO2/c1-4-7-10-16(21(6-3)14-5-2)13-12-15-9-8-11-17(22)18(15)19(20)23/h6,8-9,11,16,22H,3-5,7,10,12-14H2,1-2H3. The lowest BCUT2D eigenvalue weighted by molar-refractivity contribution is 0.0831. The molecule has 0 aliphatic carbocycles. The van der Waals surface area contributed by atoms with Gasteiger partial charge in [-0.15, -0.1) is 0 Å². The predicted octanol–water partition coefficient (Wildman–Crippen LogP) is 4.85. The highest BCUT2D eigenvalue weighted by Crippen LogP contribution is 2.25. The topological polar surface area (TPSA) is 40.5 Å². The minimum atomic E-state index is -1.57.